The number of likely N-dealkylation sites (N-methyl/N-ethyl adjacent to an activating group) is 5. The number of amides is 13. The first kappa shape index (κ1) is 90.7. The van der Waals surface area contributed by atoms with Crippen molar-refractivity contribution < 1.29 is 76.1 Å². The largest absolute Gasteiger partial charge is 0.458 e. The van der Waals surface area contributed by atoms with Crippen molar-refractivity contribution in [1.29, 1.82) is 0 Å². The highest BCUT2D eigenvalue weighted by Gasteiger charge is 2.44. The molecule has 100 heavy (non-hydrogen) atoms. The zero-order valence-electron chi connectivity index (χ0n) is 64.3. The van der Waals surface area contributed by atoms with Gasteiger partial charge < -0.3 is 71.8 Å². The van der Waals surface area contributed by atoms with Crippen molar-refractivity contribution in [2.75, 3.05) is 66.9 Å². The molecule has 572 valence electrons. The van der Waals surface area contributed by atoms with Crippen LogP contribution in [0.5, 0.6) is 0 Å². The molecule has 8 N–H and O–H groups in total. The van der Waals surface area contributed by atoms with Crippen molar-refractivity contribution in [1.82, 2.24) is 67.0 Å². The van der Waals surface area contributed by atoms with Crippen LogP contribution in [-0.2, 0) is 82.7 Å². The molecule has 13 amide bonds. The molecule has 0 spiro atoms. The second-order valence-electron chi connectivity index (χ2n) is 29.1. The zero-order chi connectivity index (χ0) is 77.1. The lowest BCUT2D eigenvalue weighted by atomic mass is 9.94. The van der Waals surface area contributed by atoms with E-state index in [0.29, 0.717) is 19.3 Å². The van der Waals surface area contributed by atoms with Crippen molar-refractivity contribution >= 4 is 93.6 Å². The molecular formula is C70H125N13O16S. The van der Waals surface area contributed by atoms with Crippen molar-refractivity contribution in [3.05, 3.63) is 0 Å². The number of esters is 1. The van der Waals surface area contributed by atoms with Crippen LogP contribution < -0.4 is 42.5 Å². The Labute approximate surface area is 597 Å². The Kier molecular flexibility index (Phi) is 39.5. The summed E-state index contributed by atoms with van der Waals surface area (Å²) < 4.78 is 18.1. The smallest absolute Gasteiger partial charge is 0.329 e. The van der Waals surface area contributed by atoms with Gasteiger partial charge in [-0.25, -0.2) is 4.79 Å². The van der Waals surface area contributed by atoms with Crippen LogP contribution in [0, 0.1) is 47.3 Å². The number of ether oxygens (including phenoxy) is 1. The highest BCUT2D eigenvalue weighted by Crippen LogP contribution is 2.24. The minimum Gasteiger partial charge on any atom is -0.458 e. The van der Waals surface area contributed by atoms with Crippen molar-refractivity contribution in [2.24, 2.45) is 47.3 Å². The van der Waals surface area contributed by atoms with Crippen LogP contribution in [-0.4, -0.2) is 245 Å². The van der Waals surface area contributed by atoms with Crippen molar-refractivity contribution in [3.63, 3.8) is 0 Å². The summed E-state index contributed by atoms with van der Waals surface area (Å²) in [5.74, 6) is -13.1. The predicted molar refractivity (Wildman–Crippen MR) is 382 cm³/mol. The maximum Gasteiger partial charge on any atom is 0.329 e. The highest BCUT2D eigenvalue weighted by atomic mass is 32.2. The van der Waals surface area contributed by atoms with Gasteiger partial charge in [-0.3, -0.25) is 66.5 Å². The SMILES string of the molecule is CC[C@H](C)[C@H]1C(=O)NCCC(=O)N[C@H]([C@@H](C)CC)C(=O)N(C)[C@@H](C(C)C)C(=O)N(C)[C@@H](C)C(=O)NCCC(=O)N[C@H](CC(C)C)C(=O)N(C)[C@H]([C@@H](C)CC)C(=O)O[C@H](C)[C@H](NC(=O)[C@H](CC(C)C)N(C)C(=O)[C@H](NC(=O)CS(C)=O)C(C)C)C(=O)NCCC(=O)N[C@H](CC(C)C)C(=O)N1C. The summed E-state index contributed by atoms with van der Waals surface area (Å²) in [5, 5.41) is 21.8. The van der Waals surface area contributed by atoms with E-state index in [1.165, 1.54) is 70.0 Å². The topological polar surface area (TPSA) is 378 Å². The Bertz CT molecular complexity index is 2820. The second kappa shape index (κ2) is 43.5. The van der Waals surface area contributed by atoms with E-state index in [0.717, 1.165) is 9.80 Å². The molecule has 1 aliphatic heterocycles. The van der Waals surface area contributed by atoms with Crippen LogP contribution in [0.25, 0.3) is 0 Å². The summed E-state index contributed by atoms with van der Waals surface area (Å²) >= 11 is 0. The summed E-state index contributed by atoms with van der Waals surface area (Å²) in [6.07, 6.45) is 0.252. The van der Waals surface area contributed by atoms with E-state index < -0.39 is 203 Å². The fourth-order valence-electron chi connectivity index (χ4n) is 11.9. The lowest BCUT2D eigenvalue weighted by Crippen LogP contribution is -2.61. The molecule has 0 aliphatic carbocycles. The summed E-state index contributed by atoms with van der Waals surface area (Å²) in [6.45, 7) is 30.5. The van der Waals surface area contributed by atoms with Crippen LogP contribution in [0.2, 0.25) is 0 Å². The predicted octanol–water partition coefficient (Wildman–Crippen LogP) is 2.00. The fourth-order valence-corrected chi connectivity index (χ4v) is 12.3. The molecule has 0 saturated carbocycles. The molecule has 1 fully saturated rings. The van der Waals surface area contributed by atoms with Gasteiger partial charge >= 0.3 is 5.97 Å². The van der Waals surface area contributed by atoms with E-state index in [9.17, 15) is 71.3 Å². The summed E-state index contributed by atoms with van der Waals surface area (Å²) in [5.41, 5.74) is 0. The third kappa shape index (κ3) is 28.3. The van der Waals surface area contributed by atoms with Gasteiger partial charge in [0.2, 0.25) is 76.8 Å². The van der Waals surface area contributed by atoms with Crippen LogP contribution in [0.15, 0.2) is 0 Å². The van der Waals surface area contributed by atoms with Crippen molar-refractivity contribution in [3.8, 4) is 0 Å². The molecule has 0 aromatic heterocycles. The third-order valence-corrected chi connectivity index (χ3v) is 19.2. The number of carbonyl (C=O) groups excluding carboxylic acids is 14. The van der Waals surface area contributed by atoms with E-state index in [-0.39, 0.29) is 68.7 Å². The monoisotopic (exact) mass is 1440 g/mol. The number of hydrogen-bond donors (Lipinski definition) is 8. The maximum atomic E-state index is 14.8. The molecule has 15 atom stereocenters. The molecule has 1 aliphatic rings. The number of carbonyl (C=O) groups is 14. The quantitative estimate of drug-likeness (QED) is 0.0762. The van der Waals surface area contributed by atoms with E-state index >= 15 is 0 Å². The Balaban J connectivity index is 4.19. The van der Waals surface area contributed by atoms with E-state index in [1.807, 2.05) is 41.5 Å². The average molecular weight is 1440 g/mol. The highest BCUT2D eigenvalue weighted by molar-refractivity contribution is 7.85. The van der Waals surface area contributed by atoms with Gasteiger partial charge in [0.25, 0.3) is 0 Å². The number of rotatable bonds is 21. The van der Waals surface area contributed by atoms with E-state index in [4.69, 9.17) is 4.74 Å². The molecule has 1 rings (SSSR count). The molecule has 29 nitrogen and oxygen atoms in total. The van der Waals surface area contributed by atoms with Gasteiger partial charge in [-0.2, -0.15) is 0 Å². The molecule has 0 bridgehead atoms. The molecular weight excluding hydrogens is 1310 g/mol. The lowest BCUT2D eigenvalue weighted by molar-refractivity contribution is -0.163. The Morgan fingerprint density at radius 2 is 0.990 bits per heavy atom. The molecule has 0 radical (unpaired) electrons. The Morgan fingerprint density at radius 3 is 1.42 bits per heavy atom. The fraction of sp³-hybridized carbons (Fsp3) is 0.800. The molecule has 0 aromatic rings. The van der Waals surface area contributed by atoms with Gasteiger partial charge in [-0.15, -0.1) is 0 Å². The molecule has 30 heteroatoms. The molecule has 1 unspecified atom stereocenters. The van der Waals surface area contributed by atoms with Gasteiger partial charge in [0.15, 0.2) is 0 Å². The normalized spacial score (nSPS) is 25.0. The Hall–Kier alpha value is -7.27. The van der Waals surface area contributed by atoms with Crippen LogP contribution >= 0.6 is 0 Å². The minimum absolute atomic E-state index is 0.0340. The van der Waals surface area contributed by atoms with E-state index in [1.54, 1.807) is 69.2 Å². The first-order valence-electron chi connectivity index (χ1n) is 35.6. The number of nitrogens with zero attached hydrogens (tertiary/aromatic N) is 5. The van der Waals surface area contributed by atoms with Gasteiger partial charge in [0.05, 0.1) is 0 Å². The standard InChI is InChI=1S/C70H125N13O16S/c1-25-43(14)56-68(95)81(21)58(42(12)13)69(96)79(19)46(17)61(88)71-31-28-51(84)75-49(35-39(6)7)66(93)83(23)60(45(16)27-3)70(97)99-47(18)57(78-62(89)50(36-40(8)9)80(20)67(94)55(41(10)11)77-54(87)37-100(24)98)63(90)72-32-29-52(85)74-48(34-38(4)5)65(92)82(22)59(44(15)26-2)64(91)73-33-30-53(86)76-56/h38-50,55-60H,25-37H2,1-24H3,(H,71,88)(H,72,90)(H,73,91)(H,74,85)(H,75,84)(H,76,86)(H,77,87)(H,78,89)/t43-,44-,45-,46-,47+,48+,49+,50-,55+,56+,57-,58-,59-,60+,100?/m0/s1. The summed E-state index contributed by atoms with van der Waals surface area (Å²) in [4.78, 5) is 205. The molecule has 0 aromatic carbocycles. The zero-order valence-corrected chi connectivity index (χ0v) is 65.2. The first-order valence-corrected chi connectivity index (χ1v) is 37.3. The van der Waals surface area contributed by atoms with E-state index in [2.05, 4.69) is 42.5 Å². The second-order valence-corrected chi connectivity index (χ2v) is 30.5. The lowest BCUT2D eigenvalue weighted by Gasteiger charge is -2.37. The van der Waals surface area contributed by atoms with Gasteiger partial charge in [0.1, 0.15) is 72.3 Å². The maximum absolute atomic E-state index is 14.8. The summed E-state index contributed by atoms with van der Waals surface area (Å²) in [6, 6.07) is -12.4. The van der Waals surface area contributed by atoms with Gasteiger partial charge in [0, 0.05) is 91.2 Å². The average Bonchev–Trinajstić information content (AvgIpc) is 0.832. The van der Waals surface area contributed by atoms with Crippen LogP contribution in [0.1, 0.15) is 182 Å². The van der Waals surface area contributed by atoms with Gasteiger partial charge in [-0.1, -0.05) is 130 Å². The Morgan fingerprint density at radius 1 is 0.560 bits per heavy atom. The van der Waals surface area contributed by atoms with Gasteiger partial charge in [-0.05, 0) is 80.5 Å². The molecule has 1 heterocycles. The number of nitrogens with one attached hydrogen (secondary N) is 8. The first-order chi connectivity index (χ1) is 46.4. The summed E-state index contributed by atoms with van der Waals surface area (Å²) in [7, 11) is 5.50. The number of hydrogen-bond acceptors (Lipinski definition) is 16. The minimum atomic E-state index is -1.75. The van der Waals surface area contributed by atoms with Crippen molar-refractivity contribution in [2.45, 2.75) is 249 Å². The molecule has 1 saturated heterocycles. The van der Waals surface area contributed by atoms with Crippen LogP contribution in [0.4, 0.5) is 0 Å². The number of cyclic esters (lactones) is 1. The third-order valence-electron chi connectivity index (χ3n) is 18.5. The van der Waals surface area contributed by atoms with Crippen LogP contribution in [0.3, 0.4) is 0 Å².